The standard InChI is InChI=1S/C13H10F2O2/c14-10-2-5-12(6-3-10)17-8-9-1-4-11(16)7-13(9)15/h1-7,16H,8H2. The average molecular weight is 236 g/mol. The molecule has 0 fully saturated rings. The Bertz CT molecular complexity index is 509. The summed E-state index contributed by atoms with van der Waals surface area (Å²) >= 11 is 0. The summed E-state index contributed by atoms with van der Waals surface area (Å²) in [5.41, 5.74) is 0.326. The van der Waals surface area contributed by atoms with Crippen molar-refractivity contribution in [2.45, 2.75) is 6.61 Å². The molecule has 0 radical (unpaired) electrons. The molecule has 2 nitrogen and oxygen atoms in total. The van der Waals surface area contributed by atoms with Gasteiger partial charge in [-0.2, -0.15) is 0 Å². The Labute approximate surface area is 97.1 Å². The van der Waals surface area contributed by atoms with Crippen molar-refractivity contribution >= 4 is 0 Å². The van der Waals surface area contributed by atoms with E-state index in [0.717, 1.165) is 6.07 Å². The first kappa shape index (κ1) is 11.4. The van der Waals surface area contributed by atoms with Crippen LogP contribution >= 0.6 is 0 Å². The maximum absolute atomic E-state index is 13.3. The number of phenols is 1. The third kappa shape index (κ3) is 2.93. The number of hydrogen-bond acceptors (Lipinski definition) is 2. The van der Waals surface area contributed by atoms with Gasteiger partial charge in [-0.05, 0) is 36.4 Å². The number of phenolic OH excluding ortho intramolecular Hbond substituents is 1. The molecule has 88 valence electrons. The average Bonchev–Trinajstić information content (AvgIpc) is 2.30. The fourth-order valence-electron chi connectivity index (χ4n) is 1.35. The predicted octanol–water partition coefficient (Wildman–Crippen LogP) is 3.25. The van der Waals surface area contributed by atoms with Crippen molar-refractivity contribution in [2.75, 3.05) is 0 Å². The molecule has 2 aromatic carbocycles. The smallest absolute Gasteiger partial charge is 0.133 e. The van der Waals surface area contributed by atoms with E-state index in [2.05, 4.69) is 0 Å². The zero-order chi connectivity index (χ0) is 12.3. The van der Waals surface area contributed by atoms with Crippen LogP contribution in [0.3, 0.4) is 0 Å². The van der Waals surface area contributed by atoms with E-state index in [4.69, 9.17) is 9.84 Å². The molecule has 0 saturated carbocycles. The van der Waals surface area contributed by atoms with Gasteiger partial charge in [0.25, 0.3) is 0 Å². The molecular weight excluding hydrogens is 226 g/mol. The topological polar surface area (TPSA) is 29.5 Å². The molecule has 1 N–H and O–H groups in total. The van der Waals surface area contributed by atoms with Gasteiger partial charge in [0.15, 0.2) is 0 Å². The molecule has 0 saturated heterocycles. The molecule has 0 heterocycles. The number of hydrogen-bond donors (Lipinski definition) is 1. The molecule has 0 aliphatic carbocycles. The van der Waals surface area contributed by atoms with Gasteiger partial charge < -0.3 is 9.84 Å². The second-order valence-electron chi connectivity index (χ2n) is 3.52. The lowest BCUT2D eigenvalue weighted by molar-refractivity contribution is 0.299. The lowest BCUT2D eigenvalue weighted by Crippen LogP contribution is -1.98. The molecular formula is C13H10F2O2. The molecule has 0 spiro atoms. The normalized spacial score (nSPS) is 10.2. The van der Waals surface area contributed by atoms with Gasteiger partial charge in [0.2, 0.25) is 0 Å². The fourth-order valence-corrected chi connectivity index (χ4v) is 1.35. The lowest BCUT2D eigenvalue weighted by Gasteiger charge is -2.07. The molecule has 0 aromatic heterocycles. The van der Waals surface area contributed by atoms with Crippen molar-refractivity contribution in [3.63, 3.8) is 0 Å². The van der Waals surface area contributed by atoms with Gasteiger partial charge in [0.05, 0.1) is 0 Å². The summed E-state index contributed by atoms with van der Waals surface area (Å²) in [6.45, 7) is 0.0255. The SMILES string of the molecule is Oc1ccc(COc2ccc(F)cc2)c(F)c1. The molecule has 0 unspecified atom stereocenters. The largest absolute Gasteiger partial charge is 0.508 e. The monoisotopic (exact) mass is 236 g/mol. The molecule has 0 atom stereocenters. The predicted molar refractivity (Wildman–Crippen MR) is 58.8 cm³/mol. The van der Waals surface area contributed by atoms with E-state index in [1.165, 1.54) is 36.4 Å². The van der Waals surface area contributed by atoms with Crippen LogP contribution in [0.1, 0.15) is 5.56 Å². The van der Waals surface area contributed by atoms with Crippen LogP contribution in [0.5, 0.6) is 11.5 Å². The minimum atomic E-state index is -0.535. The highest BCUT2D eigenvalue weighted by molar-refractivity contribution is 5.28. The molecule has 4 heteroatoms. The maximum Gasteiger partial charge on any atom is 0.133 e. The summed E-state index contributed by atoms with van der Waals surface area (Å²) in [6.07, 6.45) is 0. The van der Waals surface area contributed by atoms with Crippen LogP contribution in [0.15, 0.2) is 42.5 Å². The van der Waals surface area contributed by atoms with Crippen molar-refractivity contribution in [1.29, 1.82) is 0 Å². The highest BCUT2D eigenvalue weighted by atomic mass is 19.1. The molecule has 0 aliphatic rings. The van der Waals surface area contributed by atoms with E-state index >= 15 is 0 Å². The summed E-state index contributed by atoms with van der Waals surface area (Å²) in [4.78, 5) is 0. The van der Waals surface area contributed by atoms with Crippen LogP contribution in [-0.2, 0) is 6.61 Å². The van der Waals surface area contributed by atoms with E-state index in [1.54, 1.807) is 0 Å². The molecule has 17 heavy (non-hydrogen) atoms. The minimum Gasteiger partial charge on any atom is -0.508 e. The number of rotatable bonds is 3. The van der Waals surface area contributed by atoms with Gasteiger partial charge in [-0.15, -0.1) is 0 Å². The quantitative estimate of drug-likeness (QED) is 0.886. The number of ether oxygens (including phenoxy) is 1. The van der Waals surface area contributed by atoms with Gasteiger partial charge in [-0.3, -0.25) is 0 Å². The zero-order valence-electron chi connectivity index (χ0n) is 8.86. The summed E-state index contributed by atoms with van der Waals surface area (Å²) in [7, 11) is 0. The first-order valence-corrected chi connectivity index (χ1v) is 5.01. The molecule has 2 rings (SSSR count). The van der Waals surface area contributed by atoms with Crippen molar-refractivity contribution in [1.82, 2.24) is 0 Å². The Kier molecular flexibility index (Phi) is 3.23. The Morgan fingerprint density at radius 2 is 1.71 bits per heavy atom. The van der Waals surface area contributed by atoms with E-state index in [1.807, 2.05) is 0 Å². The first-order valence-electron chi connectivity index (χ1n) is 5.01. The van der Waals surface area contributed by atoms with Crippen LogP contribution in [0.4, 0.5) is 8.78 Å². The number of halogens is 2. The second kappa shape index (κ2) is 4.82. The Morgan fingerprint density at radius 1 is 1.00 bits per heavy atom. The highest BCUT2D eigenvalue weighted by Crippen LogP contribution is 2.18. The summed E-state index contributed by atoms with van der Waals surface area (Å²) in [5.74, 6) is -0.563. The summed E-state index contributed by atoms with van der Waals surface area (Å²) < 4.78 is 31.2. The molecule has 0 amide bonds. The van der Waals surface area contributed by atoms with E-state index in [0.29, 0.717) is 11.3 Å². The summed E-state index contributed by atoms with van der Waals surface area (Å²) in [5, 5.41) is 9.03. The van der Waals surface area contributed by atoms with E-state index in [-0.39, 0.29) is 18.2 Å². The molecule has 2 aromatic rings. The van der Waals surface area contributed by atoms with E-state index in [9.17, 15) is 8.78 Å². The van der Waals surface area contributed by atoms with Gasteiger partial charge in [-0.1, -0.05) is 0 Å². The van der Waals surface area contributed by atoms with Gasteiger partial charge in [0.1, 0.15) is 29.7 Å². The Balaban J connectivity index is 2.04. The first-order chi connectivity index (χ1) is 8.15. The van der Waals surface area contributed by atoms with Crippen molar-refractivity contribution in [2.24, 2.45) is 0 Å². The fraction of sp³-hybridized carbons (Fsp3) is 0.0769. The molecule has 0 bridgehead atoms. The number of benzene rings is 2. The number of aromatic hydroxyl groups is 1. The lowest BCUT2D eigenvalue weighted by atomic mass is 10.2. The van der Waals surface area contributed by atoms with Crippen molar-refractivity contribution in [3.8, 4) is 11.5 Å². The Hall–Kier alpha value is -2.10. The van der Waals surface area contributed by atoms with Crippen LogP contribution < -0.4 is 4.74 Å². The van der Waals surface area contributed by atoms with Crippen molar-refractivity contribution in [3.05, 3.63) is 59.7 Å². The maximum atomic E-state index is 13.3. The minimum absolute atomic E-state index is 0.0255. The van der Waals surface area contributed by atoms with E-state index < -0.39 is 5.82 Å². The van der Waals surface area contributed by atoms with Crippen LogP contribution in [0.25, 0.3) is 0 Å². The van der Waals surface area contributed by atoms with Gasteiger partial charge in [0, 0.05) is 11.6 Å². The van der Waals surface area contributed by atoms with Gasteiger partial charge >= 0.3 is 0 Å². The Morgan fingerprint density at radius 3 is 2.35 bits per heavy atom. The third-order valence-corrected chi connectivity index (χ3v) is 2.24. The highest BCUT2D eigenvalue weighted by Gasteiger charge is 2.04. The second-order valence-corrected chi connectivity index (χ2v) is 3.52. The van der Waals surface area contributed by atoms with Crippen molar-refractivity contribution < 1.29 is 18.6 Å². The van der Waals surface area contributed by atoms with Gasteiger partial charge in [-0.25, -0.2) is 8.78 Å². The zero-order valence-corrected chi connectivity index (χ0v) is 8.86. The summed E-state index contributed by atoms with van der Waals surface area (Å²) in [6, 6.07) is 9.30. The molecule has 0 aliphatic heterocycles. The van der Waals surface area contributed by atoms with Crippen LogP contribution in [0.2, 0.25) is 0 Å². The third-order valence-electron chi connectivity index (χ3n) is 2.24. The van der Waals surface area contributed by atoms with Crippen LogP contribution in [-0.4, -0.2) is 5.11 Å². The van der Waals surface area contributed by atoms with Crippen LogP contribution in [0, 0.1) is 11.6 Å².